The van der Waals surface area contributed by atoms with Gasteiger partial charge in [-0.25, -0.2) is 4.98 Å². The van der Waals surface area contributed by atoms with Gasteiger partial charge in [0.05, 0.1) is 5.69 Å². The fourth-order valence-electron chi connectivity index (χ4n) is 2.11. The SMILES string of the molecule is C=C/C=C\C=C(/C)c1nc(C(N)=O)cc2c1CNC2. The molecule has 19 heavy (non-hydrogen) atoms. The molecule has 2 rings (SSSR count). The standard InChI is InChI=1S/C15H17N3O/c1-3-4-5-6-10(2)14-12-9-17-8-11(12)7-13(18-14)15(16)19/h3-7,17H,1,8-9H2,2H3,(H2,16,19)/b5-4-,10-6+. The fourth-order valence-corrected chi connectivity index (χ4v) is 2.11. The number of nitrogens with one attached hydrogen (secondary N) is 1. The molecule has 0 aliphatic carbocycles. The van der Waals surface area contributed by atoms with Gasteiger partial charge in [-0.05, 0) is 29.7 Å². The van der Waals surface area contributed by atoms with Gasteiger partial charge >= 0.3 is 0 Å². The fraction of sp³-hybridized carbons (Fsp3) is 0.200. The van der Waals surface area contributed by atoms with E-state index in [1.807, 2.05) is 25.2 Å². The molecule has 0 aromatic carbocycles. The van der Waals surface area contributed by atoms with E-state index < -0.39 is 5.91 Å². The van der Waals surface area contributed by atoms with Crippen molar-refractivity contribution in [2.75, 3.05) is 0 Å². The number of carbonyl (C=O) groups is 1. The van der Waals surface area contributed by atoms with Gasteiger partial charge in [-0.15, -0.1) is 0 Å². The lowest BCUT2D eigenvalue weighted by atomic mass is 10.0. The van der Waals surface area contributed by atoms with Crippen molar-refractivity contribution in [1.29, 1.82) is 0 Å². The summed E-state index contributed by atoms with van der Waals surface area (Å²) in [5, 5.41) is 3.26. The van der Waals surface area contributed by atoms with Crippen molar-refractivity contribution >= 4 is 11.5 Å². The quantitative estimate of drug-likeness (QED) is 0.808. The Hall–Kier alpha value is -2.20. The van der Waals surface area contributed by atoms with Crippen molar-refractivity contribution in [3.05, 3.63) is 59.5 Å². The lowest BCUT2D eigenvalue weighted by Gasteiger charge is -2.09. The molecule has 0 saturated heterocycles. The molecule has 0 atom stereocenters. The molecule has 3 N–H and O–H groups in total. The van der Waals surface area contributed by atoms with E-state index in [2.05, 4.69) is 16.9 Å². The molecule has 0 spiro atoms. The van der Waals surface area contributed by atoms with Crippen LogP contribution in [0.15, 0.2) is 36.9 Å². The average Bonchev–Trinajstić information content (AvgIpc) is 2.85. The molecule has 4 nitrogen and oxygen atoms in total. The molecular formula is C15H17N3O. The number of primary amides is 1. The first-order valence-corrected chi connectivity index (χ1v) is 6.13. The maximum atomic E-state index is 11.3. The Morgan fingerprint density at radius 2 is 2.26 bits per heavy atom. The highest BCUT2D eigenvalue weighted by atomic mass is 16.1. The van der Waals surface area contributed by atoms with Crippen LogP contribution in [0.2, 0.25) is 0 Å². The molecule has 1 aromatic heterocycles. The van der Waals surface area contributed by atoms with Crippen molar-refractivity contribution in [1.82, 2.24) is 10.3 Å². The molecule has 1 aliphatic heterocycles. The van der Waals surface area contributed by atoms with Gasteiger partial charge in [-0.3, -0.25) is 4.79 Å². The second kappa shape index (κ2) is 5.63. The van der Waals surface area contributed by atoms with Crippen LogP contribution in [0.4, 0.5) is 0 Å². The molecule has 1 aromatic rings. The minimum atomic E-state index is -0.495. The molecule has 4 heteroatoms. The average molecular weight is 255 g/mol. The van der Waals surface area contributed by atoms with Crippen molar-refractivity contribution < 1.29 is 4.79 Å². The Morgan fingerprint density at radius 1 is 1.47 bits per heavy atom. The van der Waals surface area contributed by atoms with E-state index in [1.54, 1.807) is 12.1 Å². The van der Waals surface area contributed by atoms with Gasteiger partial charge in [0.25, 0.3) is 5.91 Å². The second-order valence-electron chi connectivity index (χ2n) is 4.43. The number of rotatable bonds is 4. The smallest absolute Gasteiger partial charge is 0.267 e. The van der Waals surface area contributed by atoms with Crippen molar-refractivity contribution in [3.8, 4) is 0 Å². The highest BCUT2D eigenvalue weighted by Crippen LogP contribution is 2.25. The van der Waals surface area contributed by atoms with Crippen LogP contribution in [-0.2, 0) is 13.1 Å². The highest BCUT2D eigenvalue weighted by Gasteiger charge is 2.19. The third-order valence-electron chi connectivity index (χ3n) is 3.05. The van der Waals surface area contributed by atoms with Crippen LogP contribution >= 0.6 is 0 Å². The van der Waals surface area contributed by atoms with Crippen LogP contribution in [0, 0.1) is 0 Å². The van der Waals surface area contributed by atoms with Gasteiger partial charge in [0.2, 0.25) is 0 Å². The molecular weight excluding hydrogens is 238 g/mol. The Balaban J connectivity index is 2.49. The van der Waals surface area contributed by atoms with Gasteiger partial charge in [-0.2, -0.15) is 0 Å². The number of hydrogen-bond acceptors (Lipinski definition) is 3. The summed E-state index contributed by atoms with van der Waals surface area (Å²) in [6.07, 6.45) is 7.41. The van der Waals surface area contributed by atoms with Gasteiger partial charge in [0, 0.05) is 13.1 Å². The Labute approximate surface area is 112 Å². The third-order valence-corrected chi connectivity index (χ3v) is 3.05. The largest absolute Gasteiger partial charge is 0.364 e. The van der Waals surface area contributed by atoms with E-state index in [0.717, 1.165) is 35.5 Å². The molecule has 1 aliphatic rings. The van der Waals surface area contributed by atoms with E-state index in [4.69, 9.17) is 5.73 Å². The maximum absolute atomic E-state index is 11.3. The summed E-state index contributed by atoms with van der Waals surface area (Å²) in [4.78, 5) is 15.7. The van der Waals surface area contributed by atoms with Crippen LogP contribution in [0.3, 0.4) is 0 Å². The maximum Gasteiger partial charge on any atom is 0.267 e. The van der Waals surface area contributed by atoms with E-state index >= 15 is 0 Å². The van der Waals surface area contributed by atoms with Crippen LogP contribution in [-0.4, -0.2) is 10.9 Å². The van der Waals surface area contributed by atoms with Crippen molar-refractivity contribution in [2.24, 2.45) is 5.73 Å². The van der Waals surface area contributed by atoms with Gasteiger partial charge < -0.3 is 11.1 Å². The zero-order chi connectivity index (χ0) is 13.8. The van der Waals surface area contributed by atoms with Gasteiger partial charge in [0.15, 0.2) is 0 Å². The molecule has 0 unspecified atom stereocenters. The van der Waals surface area contributed by atoms with Gasteiger partial charge in [-0.1, -0.05) is 30.9 Å². The number of fused-ring (bicyclic) bond motifs is 1. The van der Waals surface area contributed by atoms with E-state index in [1.165, 1.54) is 0 Å². The lowest BCUT2D eigenvalue weighted by Crippen LogP contribution is -2.15. The molecule has 98 valence electrons. The van der Waals surface area contributed by atoms with Gasteiger partial charge in [0.1, 0.15) is 5.69 Å². The minimum absolute atomic E-state index is 0.318. The third kappa shape index (κ3) is 2.80. The normalized spacial score (nSPS) is 14.7. The number of nitrogens with two attached hydrogens (primary N) is 1. The van der Waals surface area contributed by atoms with Crippen LogP contribution in [0.1, 0.15) is 34.2 Å². The second-order valence-corrected chi connectivity index (χ2v) is 4.43. The number of aromatic nitrogens is 1. The first-order chi connectivity index (χ1) is 9.13. The summed E-state index contributed by atoms with van der Waals surface area (Å²) in [7, 11) is 0. The summed E-state index contributed by atoms with van der Waals surface area (Å²) in [5.41, 5.74) is 9.73. The van der Waals surface area contributed by atoms with Crippen LogP contribution in [0.5, 0.6) is 0 Å². The molecule has 2 heterocycles. The van der Waals surface area contributed by atoms with E-state index in [-0.39, 0.29) is 0 Å². The van der Waals surface area contributed by atoms with Crippen LogP contribution in [0.25, 0.3) is 5.57 Å². The summed E-state index contributed by atoms with van der Waals surface area (Å²) >= 11 is 0. The number of nitrogens with zero attached hydrogens (tertiary/aromatic N) is 1. The monoisotopic (exact) mass is 255 g/mol. The topological polar surface area (TPSA) is 68.0 Å². The number of carbonyl (C=O) groups excluding carboxylic acids is 1. The molecule has 0 radical (unpaired) electrons. The number of amides is 1. The Kier molecular flexibility index (Phi) is 3.92. The number of hydrogen-bond donors (Lipinski definition) is 2. The predicted molar refractivity (Wildman–Crippen MR) is 76.3 cm³/mol. The number of allylic oxidation sites excluding steroid dienone is 5. The van der Waals surface area contributed by atoms with Crippen molar-refractivity contribution in [2.45, 2.75) is 20.0 Å². The van der Waals surface area contributed by atoms with E-state index in [0.29, 0.717) is 5.69 Å². The molecule has 0 bridgehead atoms. The zero-order valence-electron chi connectivity index (χ0n) is 10.9. The highest BCUT2D eigenvalue weighted by molar-refractivity contribution is 5.91. The zero-order valence-corrected chi connectivity index (χ0v) is 10.9. The first-order valence-electron chi connectivity index (χ1n) is 6.13. The predicted octanol–water partition coefficient (Wildman–Crippen LogP) is 1.93. The summed E-state index contributed by atoms with van der Waals surface area (Å²) < 4.78 is 0. The van der Waals surface area contributed by atoms with E-state index in [9.17, 15) is 4.79 Å². The first kappa shape index (κ1) is 13.2. The minimum Gasteiger partial charge on any atom is -0.364 e. The number of pyridine rings is 1. The lowest BCUT2D eigenvalue weighted by molar-refractivity contribution is 0.0995. The molecule has 1 amide bonds. The molecule has 0 fully saturated rings. The summed E-state index contributed by atoms with van der Waals surface area (Å²) in [6, 6.07) is 1.77. The summed E-state index contributed by atoms with van der Waals surface area (Å²) in [6.45, 7) is 7.12. The Morgan fingerprint density at radius 3 is 2.95 bits per heavy atom. The Bertz CT molecular complexity index is 585. The van der Waals surface area contributed by atoms with Crippen molar-refractivity contribution in [3.63, 3.8) is 0 Å². The molecule has 0 saturated carbocycles. The van der Waals surface area contributed by atoms with Crippen LogP contribution < -0.4 is 11.1 Å². The summed E-state index contributed by atoms with van der Waals surface area (Å²) in [5.74, 6) is -0.495.